The third kappa shape index (κ3) is 2.71. The molecule has 17 heavy (non-hydrogen) atoms. The zero-order chi connectivity index (χ0) is 12.3. The molecule has 2 aromatic rings. The zero-order valence-electron chi connectivity index (χ0n) is 9.18. The first-order valence-corrected chi connectivity index (χ1v) is 5.88. The van der Waals surface area contributed by atoms with E-state index in [0.717, 1.165) is 11.8 Å². The van der Waals surface area contributed by atoms with E-state index in [1.165, 1.54) is 13.0 Å². The van der Waals surface area contributed by atoms with Gasteiger partial charge in [-0.25, -0.2) is 9.37 Å². The number of benzene rings is 1. The van der Waals surface area contributed by atoms with Crippen LogP contribution in [0.25, 0.3) is 0 Å². The molecule has 0 aliphatic carbocycles. The Bertz CT molecular complexity index is 557. The molecule has 0 spiro atoms. The van der Waals surface area contributed by atoms with Gasteiger partial charge in [0.15, 0.2) is 5.78 Å². The summed E-state index contributed by atoms with van der Waals surface area (Å²) >= 11 is 1.16. The molecular weight excluding hydrogens is 237 g/mol. The Balaban J connectivity index is 2.37. The number of rotatable bonds is 3. The number of carbonyl (C=O) groups is 1. The van der Waals surface area contributed by atoms with Crippen LogP contribution in [0.4, 0.5) is 4.39 Å². The number of pyridine rings is 1. The Morgan fingerprint density at radius 1 is 1.24 bits per heavy atom. The number of hydrogen-bond acceptors (Lipinski definition) is 3. The predicted octanol–water partition coefficient (Wildman–Crippen LogP) is 3.57. The lowest BCUT2D eigenvalue weighted by atomic mass is 10.2. The third-order valence-electron chi connectivity index (χ3n) is 2.19. The summed E-state index contributed by atoms with van der Waals surface area (Å²) in [4.78, 5) is 16.0. The molecule has 1 aromatic carbocycles. The lowest BCUT2D eigenvalue weighted by molar-refractivity contribution is 0.101. The molecule has 0 unspecified atom stereocenters. The van der Waals surface area contributed by atoms with Crippen LogP contribution in [0.5, 0.6) is 0 Å². The summed E-state index contributed by atoms with van der Waals surface area (Å²) in [6, 6.07) is 9.82. The summed E-state index contributed by atoms with van der Waals surface area (Å²) in [5.41, 5.74) is 0.515. The number of nitrogens with zero attached hydrogens (tertiary/aromatic N) is 1. The van der Waals surface area contributed by atoms with E-state index >= 15 is 0 Å². The molecule has 1 heterocycles. The second-order valence-electron chi connectivity index (χ2n) is 3.44. The number of Topliss-reactive ketones (excluding diaryl/α,β-unsaturated/α-hetero) is 1. The fraction of sp³-hybridized carbons (Fsp3) is 0.0769. The predicted molar refractivity (Wildman–Crippen MR) is 64.8 cm³/mol. The van der Waals surface area contributed by atoms with Gasteiger partial charge in [0.2, 0.25) is 0 Å². The number of ketones is 1. The molecule has 86 valence electrons. The first-order valence-electron chi connectivity index (χ1n) is 5.07. The summed E-state index contributed by atoms with van der Waals surface area (Å²) in [5.74, 6) is -0.380. The topological polar surface area (TPSA) is 30.0 Å². The molecule has 0 amide bonds. The minimum atomic E-state index is -0.308. The van der Waals surface area contributed by atoms with Crippen LogP contribution in [0.2, 0.25) is 0 Å². The van der Waals surface area contributed by atoms with Crippen molar-refractivity contribution in [3.05, 3.63) is 54.0 Å². The van der Waals surface area contributed by atoms with Gasteiger partial charge in [0.05, 0.1) is 0 Å². The van der Waals surface area contributed by atoms with Gasteiger partial charge in [-0.05, 0) is 31.2 Å². The highest BCUT2D eigenvalue weighted by molar-refractivity contribution is 7.99. The van der Waals surface area contributed by atoms with Gasteiger partial charge in [0, 0.05) is 16.7 Å². The molecule has 0 radical (unpaired) electrons. The molecule has 0 aliphatic heterocycles. The first-order chi connectivity index (χ1) is 8.18. The van der Waals surface area contributed by atoms with Gasteiger partial charge in [-0.2, -0.15) is 0 Å². The number of aromatic nitrogens is 1. The minimum absolute atomic E-state index is 0.0723. The summed E-state index contributed by atoms with van der Waals surface area (Å²) in [6.07, 6.45) is 1.59. The van der Waals surface area contributed by atoms with E-state index in [-0.39, 0.29) is 11.6 Å². The molecule has 0 saturated heterocycles. The van der Waals surface area contributed by atoms with Gasteiger partial charge in [0.1, 0.15) is 10.8 Å². The highest BCUT2D eigenvalue weighted by Gasteiger charge is 2.11. The normalized spacial score (nSPS) is 10.2. The van der Waals surface area contributed by atoms with Gasteiger partial charge < -0.3 is 0 Å². The molecule has 1 aromatic heterocycles. The highest BCUT2D eigenvalue weighted by Crippen LogP contribution is 2.30. The van der Waals surface area contributed by atoms with Crippen molar-refractivity contribution in [2.45, 2.75) is 16.8 Å². The number of halogens is 1. The van der Waals surface area contributed by atoms with E-state index in [9.17, 15) is 9.18 Å². The molecule has 0 bridgehead atoms. The summed E-state index contributed by atoms with van der Waals surface area (Å²) in [7, 11) is 0. The quantitative estimate of drug-likeness (QED) is 0.776. The van der Waals surface area contributed by atoms with Crippen LogP contribution in [-0.4, -0.2) is 10.8 Å². The van der Waals surface area contributed by atoms with Crippen LogP contribution in [-0.2, 0) is 0 Å². The van der Waals surface area contributed by atoms with Crippen LogP contribution in [0.3, 0.4) is 0 Å². The van der Waals surface area contributed by atoms with Crippen molar-refractivity contribution in [3.63, 3.8) is 0 Å². The summed E-state index contributed by atoms with van der Waals surface area (Å²) < 4.78 is 13.5. The van der Waals surface area contributed by atoms with Crippen molar-refractivity contribution in [1.29, 1.82) is 0 Å². The highest BCUT2D eigenvalue weighted by atomic mass is 32.2. The molecular formula is C13H10FNOS. The molecule has 2 rings (SSSR count). The average Bonchev–Trinajstić information content (AvgIpc) is 2.32. The molecule has 0 fully saturated rings. The Kier molecular flexibility index (Phi) is 3.54. The van der Waals surface area contributed by atoms with Crippen molar-refractivity contribution in [1.82, 2.24) is 4.98 Å². The van der Waals surface area contributed by atoms with Crippen molar-refractivity contribution in [2.24, 2.45) is 0 Å². The van der Waals surface area contributed by atoms with Crippen molar-refractivity contribution < 1.29 is 9.18 Å². The van der Waals surface area contributed by atoms with Gasteiger partial charge in [-0.3, -0.25) is 4.79 Å². The Labute approximate surface area is 103 Å². The fourth-order valence-corrected chi connectivity index (χ4v) is 2.33. The van der Waals surface area contributed by atoms with Crippen LogP contribution < -0.4 is 0 Å². The molecule has 0 aliphatic rings. The minimum Gasteiger partial charge on any atom is -0.294 e. The van der Waals surface area contributed by atoms with Crippen molar-refractivity contribution in [3.8, 4) is 0 Å². The third-order valence-corrected chi connectivity index (χ3v) is 3.26. The van der Waals surface area contributed by atoms with E-state index in [2.05, 4.69) is 4.98 Å². The van der Waals surface area contributed by atoms with Crippen LogP contribution in [0.1, 0.15) is 17.3 Å². The van der Waals surface area contributed by atoms with E-state index in [0.29, 0.717) is 15.5 Å². The van der Waals surface area contributed by atoms with Gasteiger partial charge >= 0.3 is 0 Å². The van der Waals surface area contributed by atoms with E-state index in [1.54, 1.807) is 36.5 Å². The van der Waals surface area contributed by atoms with Gasteiger partial charge in [-0.1, -0.05) is 23.9 Å². The Hall–Kier alpha value is -1.68. The molecule has 4 heteroatoms. The molecule has 0 atom stereocenters. The van der Waals surface area contributed by atoms with E-state index in [4.69, 9.17) is 0 Å². The van der Waals surface area contributed by atoms with Gasteiger partial charge in [0.25, 0.3) is 0 Å². The second kappa shape index (κ2) is 5.10. The summed E-state index contributed by atoms with van der Waals surface area (Å²) in [5, 5.41) is 0.533. The Morgan fingerprint density at radius 2 is 2.00 bits per heavy atom. The smallest absolute Gasteiger partial charge is 0.162 e. The van der Waals surface area contributed by atoms with Crippen LogP contribution in [0, 0.1) is 5.82 Å². The van der Waals surface area contributed by atoms with Crippen LogP contribution in [0.15, 0.2) is 52.5 Å². The maximum Gasteiger partial charge on any atom is 0.162 e. The first kappa shape index (κ1) is 11.8. The largest absolute Gasteiger partial charge is 0.294 e. The van der Waals surface area contributed by atoms with E-state index < -0.39 is 0 Å². The summed E-state index contributed by atoms with van der Waals surface area (Å²) in [6.45, 7) is 1.47. The van der Waals surface area contributed by atoms with E-state index in [1.807, 2.05) is 0 Å². The number of carbonyl (C=O) groups excluding carboxylic acids is 1. The van der Waals surface area contributed by atoms with Crippen LogP contribution >= 0.6 is 11.8 Å². The average molecular weight is 247 g/mol. The maximum atomic E-state index is 13.5. The fourth-order valence-electron chi connectivity index (χ4n) is 1.37. The molecule has 2 nitrogen and oxygen atoms in total. The molecule has 0 saturated carbocycles. The second-order valence-corrected chi connectivity index (χ2v) is 4.48. The maximum absolute atomic E-state index is 13.5. The van der Waals surface area contributed by atoms with Crippen molar-refractivity contribution >= 4 is 17.5 Å². The lowest BCUT2D eigenvalue weighted by Crippen LogP contribution is -1.97. The SMILES string of the molecule is CC(=O)c1cccnc1Sc1ccccc1F. The Morgan fingerprint density at radius 3 is 2.71 bits per heavy atom. The lowest BCUT2D eigenvalue weighted by Gasteiger charge is -2.05. The van der Waals surface area contributed by atoms with Crippen molar-refractivity contribution in [2.75, 3.05) is 0 Å². The van der Waals surface area contributed by atoms with Gasteiger partial charge in [-0.15, -0.1) is 0 Å². The number of hydrogen-bond donors (Lipinski definition) is 0. The molecule has 0 N–H and O–H groups in total. The monoisotopic (exact) mass is 247 g/mol. The zero-order valence-corrected chi connectivity index (χ0v) is 10.00. The standard InChI is InChI=1S/C13H10FNOS/c1-9(16)10-5-4-8-15-13(10)17-12-7-3-2-6-11(12)14/h2-8H,1H3.